The number of rotatable bonds is 6. The highest BCUT2D eigenvalue weighted by Crippen LogP contribution is 2.22. The van der Waals surface area contributed by atoms with E-state index in [9.17, 15) is 9.90 Å². The molecule has 1 heterocycles. The average molecular weight is 446 g/mol. The number of piperidine rings is 1. The molecule has 1 fully saturated rings. The van der Waals surface area contributed by atoms with Crippen LogP contribution in [0.5, 0.6) is 11.5 Å². The third-order valence-electron chi connectivity index (χ3n) is 4.89. The van der Waals surface area contributed by atoms with Gasteiger partial charge in [0.05, 0.1) is 13.3 Å². The van der Waals surface area contributed by atoms with Crippen molar-refractivity contribution >= 4 is 28.1 Å². The second-order valence-corrected chi connectivity index (χ2v) is 7.75. The van der Waals surface area contributed by atoms with Crippen molar-refractivity contribution in [3.63, 3.8) is 0 Å². The van der Waals surface area contributed by atoms with Crippen LogP contribution in [0.1, 0.15) is 24.0 Å². The Morgan fingerprint density at radius 3 is 2.68 bits per heavy atom. The number of carbonyl (C=O) groups is 1. The summed E-state index contributed by atoms with van der Waals surface area (Å²) in [7, 11) is 1.55. The highest BCUT2D eigenvalue weighted by molar-refractivity contribution is 9.10. The van der Waals surface area contributed by atoms with E-state index >= 15 is 0 Å². The molecule has 7 heteroatoms. The molecule has 28 heavy (non-hydrogen) atoms. The van der Waals surface area contributed by atoms with Gasteiger partial charge >= 0.3 is 0 Å². The lowest BCUT2D eigenvalue weighted by atomic mass is 9.96. The number of phenols is 1. The second-order valence-electron chi connectivity index (χ2n) is 6.84. The Morgan fingerprint density at radius 1 is 1.29 bits per heavy atom. The molecular weight excluding hydrogens is 422 g/mol. The van der Waals surface area contributed by atoms with Crippen molar-refractivity contribution in [3.8, 4) is 11.5 Å². The summed E-state index contributed by atoms with van der Waals surface area (Å²) in [6.45, 7) is 2.66. The number of nitrogens with zero attached hydrogens (tertiary/aromatic N) is 2. The molecular formula is C21H24BrN3O3. The van der Waals surface area contributed by atoms with Crippen molar-refractivity contribution in [2.75, 3.05) is 20.2 Å². The highest BCUT2D eigenvalue weighted by Gasteiger charge is 2.24. The number of amides is 1. The fourth-order valence-electron chi connectivity index (χ4n) is 3.22. The van der Waals surface area contributed by atoms with Gasteiger partial charge in [0.2, 0.25) is 5.91 Å². The van der Waals surface area contributed by atoms with Crippen molar-refractivity contribution < 1.29 is 14.6 Å². The number of carbonyl (C=O) groups excluding carboxylic acids is 1. The second kappa shape index (κ2) is 9.71. The maximum absolute atomic E-state index is 12.4. The maximum atomic E-state index is 12.4. The fraction of sp³-hybridized carbons (Fsp3) is 0.333. The number of hydrogen-bond acceptors (Lipinski definition) is 5. The van der Waals surface area contributed by atoms with Crippen LogP contribution in [0.15, 0.2) is 52.0 Å². The number of likely N-dealkylation sites (tertiary alicyclic amines) is 1. The number of aromatic hydroxyl groups is 1. The summed E-state index contributed by atoms with van der Waals surface area (Å²) in [4.78, 5) is 14.7. The summed E-state index contributed by atoms with van der Waals surface area (Å²) in [5.74, 6) is 0.572. The minimum Gasteiger partial charge on any atom is -0.507 e. The standard InChI is InChI=1S/C21H24BrN3O3/c1-28-19-6-7-20(26)17(12-19)13-23-24-21(27)16-8-10-25(11-9-16)14-15-2-4-18(22)5-3-15/h2-7,12-13,16,26H,8-11,14H2,1H3,(H,24,27)/b23-13-. The van der Waals surface area contributed by atoms with Crippen molar-refractivity contribution in [3.05, 3.63) is 58.1 Å². The third-order valence-corrected chi connectivity index (χ3v) is 5.42. The SMILES string of the molecule is COc1ccc(O)c(/C=N\NC(=O)C2CCN(Cc3ccc(Br)cc3)CC2)c1. The lowest BCUT2D eigenvalue weighted by molar-refractivity contribution is -0.126. The van der Waals surface area contributed by atoms with Crippen LogP contribution >= 0.6 is 15.9 Å². The monoisotopic (exact) mass is 445 g/mol. The molecule has 1 aliphatic rings. The zero-order chi connectivity index (χ0) is 19.9. The molecule has 6 nitrogen and oxygen atoms in total. The number of methoxy groups -OCH3 is 1. The zero-order valence-electron chi connectivity index (χ0n) is 15.8. The molecule has 0 aliphatic carbocycles. The predicted molar refractivity (Wildman–Crippen MR) is 113 cm³/mol. The Morgan fingerprint density at radius 2 is 2.00 bits per heavy atom. The summed E-state index contributed by atoms with van der Waals surface area (Å²) in [6, 6.07) is 13.2. The van der Waals surface area contributed by atoms with E-state index in [1.807, 2.05) is 12.1 Å². The van der Waals surface area contributed by atoms with Gasteiger partial charge in [-0.15, -0.1) is 0 Å². The van der Waals surface area contributed by atoms with E-state index in [0.717, 1.165) is 36.9 Å². The van der Waals surface area contributed by atoms with Gasteiger partial charge in [0.25, 0.3) is 0 Å². The first kappa shape index (κ1) is 20.4. The number of hydrazone groups is 1. The van der Waals surface area contributed by atoms with Crippen molar-refractivity contribution in [1.82, 2.24) is 10.3 Å². The van der Waals surface area contributed by atoms with Crippen LogP contribution in [-0.4, -0.2) is 42.3 Å². The van der Waals surface area contributed by atoms with Gasteiger partial charge < -0.3 is 9.84 Å². The minimum atomic E-state index is -0.0815. The number of hydrogen-bond donors (Lipinski definition) is 2. The molecule has 1 amide bonds. The largest absolute Gasteiger partial charge is 0.507 e. The first-order chi connectivity index (χ1) is 13.5. The number of halogens is 1. The molecule has 1 aliphatic heterocycles. The van der Waals surface area contributed by atoms with Crippen LogP contribution < -0.4 is 10.2 Å². The van der Waals surface area contributed by atoms with Gasteiger partial charge in [-0.1, -0.05) is 28.1 Å². The Labute approximate surface area is 173 Å². The summed E-state index contributed by atoms with van der Waals surface area (Å²) < 4.78 is 6.20. The number of benzene rings is 2. The molecule has 2 aromatic rings. The first-order valence-electron chi connectivity index (χ1n) is 9.22. The third kappa shape index (κ3) is 5.56. The van der Waals surface area contributed by atoms with Crippen molar-refractivity contribution in [1.29, 1.82) is 0 Å². The quantitative estimate of drug-likeness (QED) is 0.526. The smallest absolute Gasteiger partial charge is 0.243 e. The fourth-order valence-corrected chi connectivity index (χ4v) is 3.49. The molecule has 0 bridgehead atoms. The lowest BCUT2D eigenvalue weighted by Gasteiger charge is -2.30. The maximum Gasteiger partial charge on any atom is 0.243 e. The van der Waals surface area contributed by atoms with E-state index in [1.54, 1.807) is 19.2 Å². The van der Waals surface area contributed by atoms with Gasteiger partial charge in [-0.05, 0) is 61.8 Å². The van der Waals surface area contributed by atoms with Crippen LogP contribution in [0.4, 0.5) is 0 Å². The lowest BCUT2D eigenvalue weighted by Crippen LogP contribution is -2.39. The van der Waals surface area contributed by atoms with E-state index in [0.29, 0.717) is 11.3 Å². The summed E-state index contributed by atoms with van der Waals surface area (Å²) in [5, 5.41) is 13.8. The molecule has 0 radical (unpaired) electrons. The van der Waals surface area contributed by atoms with Crippen LogP contribution in [0.25, 0.3) is 0 Å². The Hall–Kier alpha value is -2.38. The molecule has 3 rings (SSSR count). The molecule has 0 aromatic heterocycles. The van der Waals surface area contributed by atoms with Gasteiger partial charge in [-0.25, -0.2) is 5.43 Å². The summed E-state index contributed by atoms with van der Waals surface area (Å²) in [5.41, 5.74) is 4.35. The van der Waals surface area contributed by atoms with Crippen LogP contribution in [0.3, 0.4) is 0 Å². The molecule has 2 aromatic carbocycles. The molecule has 2 N–H and O–H groups in total. The minimum absolute atomic E-state index is 0.0442. The molecule has 0 atom stereocenters. The number of nitrogens with one attached hydrogen (secondary N) is 1. The van der Waals surface area contributed by atoms with Gasteiger partial charge in [0, 0.05) is 22.5 Å². The number of ether oxygens (including phenoxy) is 1. The van der Waals surface area contributed by atoms with Gasteiger partial charge in [0.1, 0.15) is 11.5 Å². The van der Waals surface area contributed by atoms with E-state index in [4.69, 9.17) is 4.74 Å². The van der Waals surface area contributed by atoms with Gasteiger partial charge in [0.15, 0.2) is 0 Å². The van der Waals surface area contributed by atoms with E-state index in [2.05, 4.69) is 43.5 Å². The summed E-state index contributed by atoms with van der Waals surface area (Å²) >= 11 is 3.45. The van der Waals surface area contributed by atoms with Crippen LogP contribution in [0, 0.1) is 5.92 Å². The molecule has 0 spiro atoms. The van der Waals surface area contributed by atoms with Crippen molar-refractivity contribution in [2.24, 2.45) is 11.0 Å². The van der Waals surface area contributed by atoms with Crippen LogP contribution in [0.2, 0.25) is 0 Å². The summed E-state index contributed by atoms with van der Waals surface area (Å²) in [6.07, 6.45) is 3.04. The normalized spacial score (nSPS) is 15.6. The first-order valence-corrected chi connectivity index (χ1v) is 10.0. The molecule has 1 saturated heterocycles. The molecule has 0 unspecified atom stereocenters. The Balaban J connectivity index is 1.47. The predicted octanol–water partition coefficient (Wildman–Crippen LogP) is 3.53. The topological polar surface area (TPSA) is 74.2 Å². The van der Waals surface area contributed by atoms with E-state index < -0.39 is 0 Å². The van der Waals surface area contributed by atoms with E-state index in [1.165, 1.54) is 17.8 Å². The Bertz CT molecular complexity index is 831. The van der Waals surface area contributed by atoms with E-state index in [-0.39, 0.29) is 17.6 Å². The molecule has 0 saturated carbocycles. The zero-order valence-corrected chi connectivity index (χ0v) is 17.4. The Kier molecular flexibility index (Phi) is 7.06. The van der Waals surface area contributed by atoms with Crippen LogP contribution in [-0.2, 0) is 11.3 Å². The average Bonchev–Trinajstić information content (AvgIpc) is 2.71. The van der Waals surface area contributed by atoms with Gasteiger partial charge in [-0.3, -0.25) is 9.69 Å². The highest BCUT2D eigenvalue weighted by atomic mass is 79.9. The van der Waals surface area contributed by atoms with Gasteiger partial charge in [-0.2, -0.15) is 5.10 Å². The molecule has 148 valence electrons. The number of phenolic OH excluding ortho intramolecular Hbond substituents is 1. The van der Waals surface area contributed by atoms with Crippen molar-refractivity contribution in [2.45, 2.75) is 19.4 Å².